The molecule has 0 saturated carbocycles. The lowest BCUT2D eigenvalue weighted by Crippen LogP contribution is -2.29. The predicted molar refractivity (Wildman–Crippen MR) is 106 cm³/mol. The molecule has 1 aliphatic heterocycles. The van der Waals surface area contributed by atoms with E-state index in [4.69, 9.17) is 14.2 Å². The molecule has 2 heterocycles. The molecule has 0 radical (unpaired) electrons. The Labute approximate surface area is 165 Å². The number of ether oxygens (including phenoxy) is 3. The highest BCUT2D eigenvalue weighted by atomic mass is 16.5. The third kappa shape index (κ3) is 4.79. The molecule has 1 aliphatic rings. The van der Waals surface area contributed by atoms with Crippen molar-refractivity contribution in [2.24, 2.45) is 0 Å². The standard InChI is InChI=1S/C21H25N3O4/c1-14-11-20(23-15(2)22-14)28-17-9-10-24(13-17)21(25)8-6-16-5-7-18(26-3)19(12-16)27-4/h5-8,11-12,17H,9-10,13H2,1-4H3/b8-6+. The van der Waals surface area contributed by atoms with E-state index in [0.29, 0.717) is 36.3 Å². The number of hydrogen-bond donors (Lipinski definition) is 0. The fraction of sp³-hybridized carbons (Fsp3) is 0.381. The van der Waals surface area contributed by atoms with E-state index in [1.54, 1.807) is 31.3 Å². The second-order valence-electron chi connectivity index (χ2n) is 6.66. The molecular formula is C21H25N3O4. The van der Waals surface area contributed by atoms with Gasteiger partial charge in [-0.3, -0.25) is 4.79 Å². The van der Waals surface area contributed by atoms with Gasteiger partial charge in [-0.1, -0.05) is 6.07 Å². The molecule has 1 aromatic carbocycles. The summed E-state index contributed by atoms with van der Waals surface area (Å²) >= 11 is 0. The van der Waals surface area contributed by atoms with Crippen LogP contribution in [0.5, 0.6) is 17.4 Å². The van der Waals surface area contributed by atoms with Gasteiger partial charge in [0.05, 0.1) is 20.8 Å². The third-order valence-electron chi connectivity index (χ3n) is 4.51. The first-order chi connectivity index (χ1) is 13.5. The average Bonchev–Trinajstić information content (AvgIpc) is 3.13. The molecule has 1 unspecified atom stereocenters. The lowest BCUT2D eigenvalue weighted by Gasteiger charge is -2.15. The van der Waals surface area contributed by atoms with Crippen molar-refractivity contribution in [1.82, 2.24) is 14.9 Å². The smallest absolute Gasteiger partial charge is 0.246 e. The average molecular weight is 383 g/mol. The van der Waals surface area contributed by atoms with Crippen LogP contribution in [0, 0.1) is 13.8 Å². The number of carbonyl (C=O) groups is 1. The lowest BCUT2D eigenvalue weighted by atomic mass is 10.2. The Morgan fingerprint density at radius 2 is 1.93 bits per heavy atom. The summed E-state index contributed by atoms with van der Waals surface area (Å²) in [4.78, 5) is 22.8. The molecule has 1 fully saturated rings. The van der Waals surface area contributed by atoms with Gasteiger partial charge in [0.25, 0.3) is 0 Å². The molecule has 0 bridgehead atoms. The van der Waals surface area contributed by atoms with Crippen molar-refractivity contribution in [2.75, 3.05) is 27.3 Å². The Balaban J connectivity index is 1.59. The van der Waals surface area contributed by atoms with E-state index in [2.05, 4.69) is 9.97 Å². The highest BCUT2D eigenvalue weighted by molar-refractivity contribution is 5.92. The second kappa shape index (κ2) is 8.73. The molecule has 0 spiro atoms. The number of aromatic nitrogens is 2. The number of rotatable bonds is 6. The summed E-state index contributed by atoms with van der Waals surface area (Å²) in [7, 11) is 3.17. The van der Waals surface area contributed by atoms with Crippen molar-refractivity contribution < 1.29 is 19.0 Å². The van der Waals surface area contributed by atoms with Gasteiger partial charge in [0.2, 0.25) is 11.8 Å². The normalized spacial score (nSPS) is 16.4. The maximum absolute atomic E-state index is 12.5. The van der Waals surface area contributed by atoms with Crippen LogP contribution in [0.4, 0.5) is 0 Å². The molecule has 0 N–H and O–H groups in total. The van der Waals surface area contributed by atoms with Crippen LogP contribution in [-0.2, 0) is 4.79 Å². The van der Waals surface area contributed by atoms with E-state index in [1.165, 1.54) is 0 Å². The van der Waals surface area contributed by atoms with Crippen LogP contribution in [0.15, 0.2) is 30.3 Å². The fourth-order valence-electron chi connectivity index (χ4n) is 3.17. The number of methoxy groups -OCH3 is 2. The van der Waals surface area contributed by atoms with Gasteiger partial charge in [0.1, 0.15) is 11.9 Å². The fourth-order valence-corrected chi connectivity index (χ4v) is 3.17. The summed E-state index contributed by atoms with van der Waals surface area (Å²) in [6.45, 7) is 4.94. The van der Waals surface area contributed by atoms with Gasteiger partial charge < -0.3 is 19.1 Å². The molecule has 3 rings (SSSR count). The minimum Gasteiger partial charge on any atom is -0.493 e. The molecule has 28 heavy (non-hydrogen) atoms. The molecule has 2 aromatic rings. The first-order valence-corrected chi connectivity index (χ1v) is 9.16. The van der Waals surface area contributed by atoms with Crippen LogP contribution in [0.25, 0.3) is 6.08 Å². The Morgan fingerprint density at radius 1 is 1.14 bits per heavy atom. The number of carbonyl (C=O) groups excluding carboxylic acids is 1. The Kier molecular flexibility index (Phi) is 6.13. The van der Waals surface area contributed by atoms with E-state index in [-0.39, 0.29) is 12.0 Å². The summed E-state index contributed by atoms with van der Waals surface area (Å²) in [6.07, 6.45) is 4.06. The van der Waals surface area contributed by atoms with E-state index >= 15 is 0 Å². The number of benzene rings is 1. The Bertz CT molecular complexity index is 862. The van der Waals surface area contributed by atoms with Crippen LogP contribution in [0.3, 0.4) is 0 Å². The van der Waals surface area contributed by atoms with Gasteiger partial charge in [0, 0.05) is 30.8 Å². The molecule has 148 valence electrons. The van der Waals surface area contributed by atoms with E-state index in [0.717, 1.165) is 17.7 Å². The quantitative estimate of drug-likeness (QED) is 0.714. The van der Waals surface area contributed by atoms with Crippen molar-refractivity contribution in [3.63, 3.8) is 0 Å². The maximum Gasteiger partial charge on any atom is 0.246 e. The van der Waals surface area contributed by atoms with Crippen molar-refractivity contribution in [2.45, 2.75) is 26.4 Å². The Morgan fingerprint density at radius 3 is 2.64 bits per heavy atom. The molecule has 1 atom stereocenters. The lowest BCUT2D eigenvalue weighted by molar-refractivity contribution is -0.125. The minimum absolute atomic E-state index is 0.0454. The van der Waals surface area contributed by atoms with Crippen LogP contribution >= 0.6 is 0 Å². The number of hydrogen-bond acceptors (Lipinski definition) is 6. The minimum atomic E-state index is -0.0628. The van der Waals surface area contributed by atoms with E-state index in [9.17, 15) is 4.79 Å². The number of amides is 1. The van der Waals surface area contributed by atoms with Crippen molar-refractivity contribution in [3.05, 3.63) is 47.4 Å². The molecule has 1 aromatic heterocycles. The Hall–Kier alpha value is -3.09. The van der Waals surface area contributed by atoms with E-state index in [1.807, 2.05) is 38.1 Å². The highest BCUT2D eigenvalue weighted by Gasteiger charge is 2.27. The molecule has 1 saturated heterocycles. The molecule has 1 amide bonds. The molecule has 0 aliphatic carbocycles. The second-order valence-corrected chi connectivity index (χ2v) is 6.66. The van der Waals surface area contributed by atoms with Gasteiger partial charge in [-0.15, -0.1) is 0 Å². The third-order valence-corrected chi connectivity index (χ3v) is 4.51. The van der Waals surface area contributed by atoms with Crippen LogP contribution in [0.1, 0.15) is 23.5 Å². The van der Waals surface area contributed by atoms with Gasteiger partial charge in [-0.2, -0.15) is 4.98 Å². The van der Waals surface area contributed by atoms with E-state index < -0.39 is 0 Å². The van der Waals surface area contributed by atoms with Crippen molar-refractivity contribution >= 4 is 12.0 Å². The monoisotopic (exact) mass is 383 g/mol. The highest BCUT2D eigenvalue weighted by Crippen LogP contribution is 2.28. The molecule has 7 nitrogen and oxygen atoms in total. The number of nitrogens with zero attached hydrogens (tertiary/aromatic N) is 3. The first-order valence-electron chi connectivity index (χ1n) is 9.16. The summed E-state index contributed by atoms with van der Waals surface area (Å²) in [5, 5.41) is 0. The van der Waals surface area contributed by atoms with Crippen LogP contribution in [0.2, 0.25) is 0 Å². The van der Waals surface area contributed by atoms with Crippen LogP contribution in [-0.4, -0.2) is 54.2 Å². The first kappa shape index (κ1) is 19.7. The SMILES string of the molecule is COc1ccc(/C=C/C(=O)N2CCC(Oc3cc(C)nc(C)n3)C2)cc1OC. The zero-order chi connectivity index (χ0) is 20.1. The van der Waals surface area contributed by atoms with Crippen molar-refractivity contribution in [3.8, 4) is 17.4 Å². The summed E-state index contributed by atoms with van der Waals surface area (Å²) < 4.78 is 16.5. The largest absolute Gasteiger partial charge is 0.493 e. The van der Waals surface area contributed by atoms with Gasteiger partial charge in [-0.25, -0.2) is 4.98 Å². The summed E-state index contributed by atoms with van der Waals surface area (Å²) in [5.74, 6) is 2.47. The zero-order valence-electron chi connectivity index (χ0n) is 16.6. The van der Waals surface area contributed by atoms with Gasteiger partial charge >= 0.3 is 0 Å². The number of likely N-dealkylation sites (tertiary alicyclic amines) is 1. The van der Waals surface area contributed by atoms with Gasteiger partial charge in [0.15, 0.2) is 11.5 Å². The van der Waals surface area contributed by atoms with Gasteiger partial charge in [-0.05, 0) is 37.6 Å². The van der Waals surface area contributed by atoms with Crippen molar-refractivity contribution in [1.29, 1.82) is 0 Å². The maximum atomic E-state index is 12.5. The van der Waals surface area contributed by atoms with Crippen LogP contribution < -0.4 is 14.2 Å². The predicted octanol–water partition coefficient (Wildman–Crippen LogP) is 2.80. The summed E-state index contributed by atoms with van der Waals surface area (Å²) in [6, 6.07) is 7.34. The summed E-state index contributed by atoms with van der Waals surface area (Å²) in [5.41, 5.74) is 1.73. The molecular weight excluding hydrogens is 358 g/mol. The number of aryl methyl sites for hydroxylation is 2. The molecule has 7 heteroatoms. The zero-order valence-corrected chi connectivity index (χ0v) is 16.6. The topological polar surface area (TPSA) is 73.8 Å².